The van der Waals surface area contributed by atoms with Gasteiger partial charge >= 0.3 is 0 Å². The first kappa shape index (κ1) is 14.5. The highest BCUT2D eigenvalue weighted by molar-refractivity contribution is 5.54. The Morgan fingerprint density at radius 3 is 2.60 bits per heavy atom. The molecule has 0 bridgehead atoms. The molecular formula is C17H23N3. The van der Waals surface area contributed by atoms with Crippen LogP contribution in [0.1, 0.15) is 29.9 Å². The van der Waals surface area contributed by atoms with E-state index in [4.69, 9.17) is 0 Å². The van der Waals surface area contributed by atoms with Gasteiger partial charge in [-0.2, -0.15) is 0 Å². The number of aryl methyl sites for hydroxylation is 1. The Labute approximate surface area is 121 Å². The lowest BCUT2D eigenvalue weighted by atomic mass is 10.1. The molecule has 0 radical (unpaired) electrons. The third kappa shape index (κ3) is 3.36. The van der Waals surface area contributed by atoms with Crippen LogP contribution in [0, 0.1) is 6.92 Å². The molecule has 3 nitrogen and oxygen atoms in total. The van der Waals surface area contributed by atoms with Crippen molar-refractivity contribution in [3.05, 3.63) is 59.4 Å². The lowest BCUT2D eigenvalue weighted by Crippen LogP contribution is -2.22. The number of hydrogen-bond donors (Lipinski definition) is 1. The van der Waals surface area contributed by atoms with E-state index in [0.717, 1.165) is 17.9 Å². The molecule has 106 valence electrons. The number of benzene rings is 1. The molecule has 0 amide bonds. The minimum absolute atomic E-state index is 0.333. The molecule has 1 aromatic carbocycles. The second-order valence-corrected chi connectivity index (χ2v) is 5.20. The zero-order valence-electron chi connectivity index (χ0n) is 12.7. The van der Waals surface area contributed by atoms with Crippen molar-refractivity contribution < 1.29 is 0 Å². The van der Waals surface area contributed by atoms with E-state index in [2.05, 4.69) is 65.6 Å². The molecule has 0 spiro atoms. The highest BCUT2D eigenvalue weighted by atomic mass is 15.1. The fourth-order valence-electron chi connectivity index (χ4n) is 2.37. The molecule has 0 aliphatic rings. The van der Waals surface area contributed by atoms with Crippen LogP contribution in [0.3, 0.4) is 0 Å². The standard InChI is InChI=1S/C17H23N3/c1-13-8-7-9-15(19-13)12-20(4)17-11-6-5-10-16(17)14(2)18-3/h5-11,14,18H,12H2,1-4H3. The van der Waals surface area contributed by atoms with Crippen molar-refractivity contribution in [2.75, 3.05) is 19.0 Å². The Balaban J connectivity index is 2.23. The van der Waals surface area contributed by atoms with Crippen LogP contribution in [-0.4, -0.2) is 19.1 Å². The smallest absolute Gasteiger partial charge is 0.0600 e. The van der Waals surface area contributed by atoms with Crippen LogP contribution in [0.25, 0.3) is 0 Å². The maximum Gasteiger partial charge on any atom is 0.0600 e. The monoisotopic (exact) mass is 269 g/mol. The molecule has 20 heavy (non-hydrogen) atoms. The number of hydrogen-bond acceptors (Lipinski definition) is 3. The van der Waals surface area contributed by atoms with Crippen LogP contribution in [0.4, 0.5) is 5.69 Å². The predicted octanol–water partition coefficient (Wildman–Crippen LogP) is 3.31. The summed E-state index contributed by atoms with van der Waals surface area (Å²) >= 11 is 0. The normalized spacial score (nSPS) is 12.2. The largest absolute Gasteiger partial charge is 0.368 e. The maximum atomic E-state index is 4.58. The van der Waals surface area contributed by atoms with Gasteiger partial charge in [0.15, 0.2) is 0 Å². The average molecular weight is 269 g/mol. The van der Waals surface area contributed by atoms with E-state index in [1.165, 1.54) is 11.3 Å². The van der Waals surface area contributed by atoms with E-state index in [1.807, 2.05) is 20.0 Å². The van der Waals surface area contributed by atoms with Crippen molar-refractivity contribution in [2.45, 2.75) is 26.4 Å². The summed E-state index contributed by atoms with van der Waals surface area (Å²) in [5, 5.41) is 3.31. The van der Waals surface area contributed by atoms with Gasteiger partial charge in [0.25, 0.3) is 0 Å². The lowest BCUT2D eigenvalue weighted by Gasteiger charge is -2.25. The van der Waals surface area contributed by atoms with E-state index >= 15 is 0 Å². The minimum Gasteiger partial charge on any atom is -0.368 e. The number of nitrogens with zero attached hydrogens (tertiary/aromatic N) is 2. The van der Waals surface area contributed by atoms with Crippen LogP contribution in [0.5, 0.6) is 0 Å². The van der Waals surface area contributed by atoms with Crippen molar-refractivity contribution in [2.24, 2.45) is 0 Å². The van der Waals surface area contributed by atoms with Gasteiger partial charge in [0.1, 0.15) is 0 Å². The Morgan fingerprint density at radius 1 is 1.15 bits per heavy atom. The Morgan fingerprint density at radius 2 is 1.90 bits per heavy atom. The number of anilines is 1. The number of rotatable bonds is 5. The van der Waals surface area contributed by atoms with E-state index in [1.54, 1.807) is 0 Å². The number of pyridine rings is 1. The van der Waals surface area contributed by atoms with Crippen LogP contribution in [0.2, 0.25) is 0 Å². The number of para-hydroxylation sites is 1. The second-order valence-electron chi connectivity index (χ2n) is 5.20. The highest BCUT2D eigenvalue weighted by Gasteiger charge is 2.12. The molecule has 2 rings (SSSR count). The van der Waals surface area contributed by atoms with Crippen LogP contribution < -0.4 is 10.2 Å². The molecule has 2 aromatic rings. The first-order valence-corrected chi connectivity index (χ1v) is 7.01. The van der Waals surface area contributed by atoms with Gasteiger partial charge in [-0.15, -0.1) is 0 Å². The summed E-state index contributed by atoms with van der Waals surface area (Å²) in [5.74, 6) is 0. The van der Waals surface area contributed by atoms with Gasteiger partial charge in [-0.3, -0.25) is 4.98 Å². The van der Waals surface area contributed by atoms with E-state index < -0.39 is 0 Å². The van der Waals surface area contributed by atoms with Gasteiger partial charge in [-0.05, 0) is 44.7 Å². The summed E-state index contributed by atoms with van der Waals surface area (Å²) in [6.07, 6.45) is 0. The third-order valence-corrected chi connectivity index (χ3v) is 3.59. The van der Waals surface area contributed by atoms with Crippen molar-refractivity contribution in [1.29, 1.82) is 0 Å². The molecule has 0 aliphatic carbocycles. The average Bonchev–Trinajstić information content (AvgIpc) is 2.46. The molecule has 1 unspecified atom stereocenters. The van der Waals surface area contributed by atoms with Crippen LogP contribution >= 0.6 is 0 Å². The minimum atomic E-state index is 0.333. The van der Waals surface area contributed by atoms with Crippen molar-refractivity contribution in [3.8, 4) is 0 Å². The molecular weight excluding hydrogens is 246 g/mol. The molecule has 0 saturated heterocycles. The van der Waals surface area contributed by atoms with Crippen LogP contribution in [0.15, 0.2) is 42.5 Å². The fourth-order valence-corrected chi connectivity index (χ4v) is 2.37. The highest BCUT2D eigenvalue weighted by Crippen LogP contribution is 2.26. The SMILES string of the molecule is CNC(C)c1ccccc1N(C)Cc1cccc(C)n1. The molecule has 1 N–H and O–H groups in total. The Kier molecular flexibility index (Phi) is 4.74. The summed E-state index contributed by atoms with van der Waals surface area (Å²) in [5.41, 5.74) is 4.72. The number of aromatic nitrogens is 1. The molecule has 1 heterocycles. The van der Waals surface area contributed by atoms with Crippen molar-refractivity contribution in [3.63, 3.8) is 0 Å². The predicted molar refractivity (Wildman–Crippen MR) is 85.0 cm³/mol. The molecule has 0 fully saturated rings. The van der Waals surface area contributed by atoms with Gasteiger partial charge in [0.05, 0.1) is 12.2 Å². The zero-order valence-corrected chi connectivity index (χ0v) is 12.7. The third-order valence-electron chi connectivity index (χ3n) is 3.59. The van der Waals surface area contributed by atoms with Crippen LogP contribution in [-0.2, 0) is 6.54 Å². The number of nitrogens with one attached hydrogen (secondary N) is 1. The second kappa shape index (κ2) is 6.53. The molecule has 3 heteroatoms. The fraction of sp³-hybridized carbons (Fsp3) is 0.353. The molecule has 0 saturated carbocycles. The molecule has 1 aromatic heterocycles. The molecule has 0 aliphatic heterocycles. The summed E-state index contributed by atoms with van der Waals surface area (Å²) in [4.78, 5) is 6.83. The van der Waals surface area contributed by atoms with Gasteiger partial charge in [0.2, 0.25) is 0 Å². The van der Waals surface area contributed by atoms with Gasteiger partial charge in [0, 0.05) is 24.5 Å². The first-order chi connectivity index (χ1) is 9.61. The zero-order chi connectivity index (χ0) is 14.5. The van der Waals surface area contributed by atoms with Crippen molar-refractivity contribution >= 4 is 5.69 Å². The van der Waals surface area contributed by atoms with Gasteiger partial charge in [-0.25, -0.2) is 0 Å². The van der Waals surface area contributed by atoms with Gasteiger partial charge < -0.3 is 10.2 Å². The van der Waals surface area contributed by atoms with E-state index in [-0.39, 0.29) is 0 Å². The van der Waals surface area contributed by atoms with Gasteiger partial charge in [-0.1, -0.05) is 24.3 Å². The lowest BCUT2D eigenvalue weighted by molar-refractivity contribution is 0.649. The topological polar surface area (TPSA) is 28.2 Å². The summed E-state index contributed by atoms with van der Waals surface area (Å²) in [6, 6.07) is 15.0. The summed E-state index contributed by atoms with van der Waals surface area (Å²) in [7, 11) is 4.11. The quantitative estimate of drug-likeness (QED) is 0.902. The van der Waals surface area contributed by atoms with Crippen molar-refractivity contribution in [1.82, 2.24) is 10.3 Å². The molecule has 1 atom stereocenters. The summed E-state index contributed by atoms with van der Waals surface area (Å²) in [6.45, 7) is 5.02. The Hall–Kier alpha value is -1.87. The van der Waals surface area contributed by atoms with E-state index in [0.29, 0.717) is 6.04 Å². The first-order valence-electron chi connectivity index (χ1n) is 7.01. The Bertz CT molecular complexity index is 566. The maximum absolute atomic E-state index is 4.58. The van der Waals surface area contributed by atoms with E-state index in [9.17, 15) is 0 Å². The summed E-state index contributed by atoms with van der Waals surface area (Å²) < 4.78 is 0.